The quantitative estimate of drug-likeness (QED) is 0.571. The number of hydrogen-bond donors (Lipinski definition) is 2. The molecule has 5 rings (SSSR count). The third-order valence-electron chi connectivity index (χ3n) is 6.06. The van der Waals surface area contributed by atoms with E-state index in [1.165, 1.54) is 6.33 Å². The number of nitriles is 1. The molecule has 3 aromatic rings. The predicted molar refractivity (Wildman–Crippen MR) is 123 cm³/mol. The maximum Gasteiger partial charge on any atom is 0.231 e. The summed E-state index contributed by atoms with van der Waals surface area (Å²) in [6.45, 7) is 0. The van der Waals surface area contributed by atoms with Gasteiger partial charge in [0.2, 0.25) is 5.95 Å². The normalized spacial score (nSPS) is 20.9. The minimum Gasteiger partial charge on any atom is -0.384 e. The van der Waals surface area contributed by atoms with Crippen molar-refractivity contribution in [3.63, 3.8) is 0 Å². The van der Waals surface area contributed by atoms with Crippen molar-refractivity contribution in [2.45, 2.75) is 24.7 Å². The van der Waals surface area contributed by atoms with E-state index >= 15 is 0 Å². The molecule has 0 saturated heterocycles. The number of ketones is 1. The molecule has 1 aliphatic heterocycles. The molecule has 2 aromatic carbocycles. The zero-order valence-electron chi connectivity index (χ0n) is 17.0. The molecule has 8 heteroatoms. The van der Waals surface area contributed by atoms with Crippen molar-refractivity contribution in [2.75, 3.05) is 4.90 Å². The third kappa shape index (κ3) is 3.31. The number of nitrogens with zero attached hydrogens (tertiary/aromatic N) is 4. The minimum atomic E-state index is -0.522. The SMILES string of the molecule is N#CC1=C(N)N(c2ncn[nH]2)C2=C(C(=O)C[C@@H](c3ccccc3)C2)[C@@H]1c1ccc(Br)cc1. The fraction of sp³-hybridized carbons (Fsp3) is 0.167. The van der Waals surface area contributed by atoms with Gasteiger partial charge in [-0.25, -0.2) is 5.10 Å². The summed E-state index contributed by atoms with van der Waals surface area (Å²) in [5.74, 6) is 0.148. The lowest BCUT2D eigenvalue weighted by Crippen LogP contribution is -2.40. The molecular weight excluding hydrogens is 468 g/mol. The molecule has 32 heavy (non-hydrogen) atoms. The van der Waals surface area contributed by atoms with Crippen LogP contribution in [0.15, 0.2) is 88.1 Å². The van der Waals surface area contributed by atoms with Crippen LogP contribution >= 0.6 is 15.9 Å². The molecule has 2 heterocycles. The number of aromatic nitrogens is 3. The van der Waals surface area contributed by atoms with Gasteiger partial charge in [-0.1, -0.05) is 58.4 Å². The lowest BCUT2D eigenvalue weighted by atomic mass is 9.72. The summed E-state index contributed by atoms with van der Waals surface area (Å²) in [5.41, 5.74) is 10.2. The number of hydrogen-bond acceptors (Lipinski definition) is 6. The summed E-state index contributed by atoms with van der Waals surface area (Å²) < 4.78 is 0.920. The Morgan fingerprint density at radius 1 is 1.09 bits per heavy atom. The van der Waals surface area contributed by atoms with Gasteiger partial charge in [0.1, 0.15) is 12.1 Å². The van der Waals surface area contributed by atoms with Crippen molar-refractivity contribution in [3.8, 4) is 6.07 Å². The van der Waals surface area contributed by atoms with Crippen LogP contribution < -0.4 is 10.6 Å². The van der Waals surface area contributed by atoms with E-state index in [1.54, 1.807) is 4.90 Å². The Morgan fingerprint density at radius 2 is 1.84 bits per heavy atom. The van der Waals surface area contributed by atoms with E-state index in [2.05, 4.69) is 37.2 Å². The van der Waals surface area contributed by atoms with Crippen LogP contribution in [-0.4, -0.2) is 21.0 Å². The number of allylic oxidation sites excluding steroid dienone is 3. The number of benzene rings is 2. The average molecular weight is 487 g/mol. The minimum absolute atomic E-state index is 0.00914. The van der Waals surface area contributed by atoms with E-state index in [9.17, 15) is 10.1 Å². The fourth-order valence-electron chi connectivity index (χ4n) is 4.63. The molecule has 2 aliphatic rings. The number of nitrogens with one attached hydrogen (secondary N) is 1. The van der Waals surface area contributed by atoms with Gasteiger partial charge in [-0.15, -0.1) is 0 Å². The second-order valence-electron chi connectivity index (χ2n) is 7.84. The highest BCUT2D eigenvalue weighted by atomic mass is 79.9. The first-order valence-electron chi connectivity index (χ1n) is 10.2. The molecule has 158 valence electrons. The molecule has 1 aromatic heterocycles. The van der Waals surface area contributed by atoms with Gasteiger partial charge in [0.05, 0.1) is 17.6 Å². The number of aromatic amines is 1. The zero-order valence-corrected chi connectivity index (χ0v) is 18.6. The lowest BCUT2D eigenvalue weighted by Gasteiger charge is -2.40. The maximum absolute atomic E-state index is 13.6. The van der Waals surface area contributed by atoms with E-state index < -0.39 is 5.92 Å². The molecule has 0 radical (unpaired) electrons. The van der Waals surface area contributed by atoms with Gasteiger partial charge in [-0.05, 0) is 35.6 Å². The van der Waals surface area contributed by atoms with Crippen molar-refractivity contribution in [2.24, 2.45) is 5.73 Å². The molecule has 0 saturated carbocycles. The van der Waals surface area contributed by atoms with Crippen LogP contribution in [0.25, 0.3) is 0 Å². The van der Waals surface area contributed by atoms with Crippen LogP contribution in [0.2, 0.25) is 0 Å². The fourth-order valence-corrected chi connectivity index (χ4v) is 4.89. The van der Waals surface area contributed by atoms with E-state index in [-0.39, 0.29) is 17.5 Å². The Balaban J connectivity index is 1.71. The second kappa shape index (κ2) is 8.09. The number of anilines is 1. The maximum atomic E-state index is 13.6. The monoisotopic (exact) mass is 486 g/mol. The molecule has 7 nitrogen and oxygen atoms in total. The molecular formula is C24H19BrN6O. The highest BCUT2D eigenvalue weighted by Gasteiger charge is 2.43. The highest BCUT2D eigenvalue weighted by molar-refractivity contribution is 9.10. The summed E-state index contributed by atoms with van der Waals surface area (Å²) >= 11 is 3.46. The van der Waals surface area contributed by atoms with Crippen molar-refractivity contribution in [1.29, 1.82) is 5.26 Å². The van der Waals surface area contributed by atoms with Crippen molar-refractivity contribution in [1.82, 2.24) is 15.2 Å². The molecule has 0 bridgehead atoms. The van der Waals surface area contributed by atoms with E-state index in [0.717, 1.165) is 21.3 Å². The van der Waals surface area contributed by atoms with Crippen LogP contribution in [0, 0.1) is 11.3 Å². The van der Waals surface area contributed by atoms with Gasteiger partial charge in [0, 0.05) is 22.2 Å². The number of carbonyl (C=O) groups excluding carboxylic acids is 1. The van der Waals surface area contributed by atoms with E-state index in [1.807, 2.05) is 54.6 Å². The Bertz CT molecular complexity index is 1270. The molecule has 0 spiro atoms. The number of halogens is 1. The zero-order chi connectivity index (χ0) is 22.2. The summed E-state index contributed by atoms with van der Waals surface area (Å²) in [4.78, 5) is 19.6. The van der Waals surface area contributed by atoms with Crippen LogP contribution in [0.4, 0.5) is 5.95 Å². The summed E-state index contributed by atoms with van der Waals surface area (Å²) in [6, 6.07) is 19.9. The Morgan fingerprint density at radius 3 is 2.50 bits per heavy atom. The summed E-state index contributed by atoms with van der Waals surface area (Å²) in [7, 11) is 0. The van der Waals surface area contributed by atoms with E-state index in [4.69, 9.17) is 5.73 Å². The molecule has 0 unspecified atom stereocenters. The van der Waals surface area contributed by atoms with Crippen LogP contribution in [-0.2, 0) is 4.79 Å². The number of H-pyrrole nitrogens is 1. The van der Waals surface area contributed by atoms with Gasteiger partial charge in [-0.3, -0.25) is 9.69 Å². The van der Waals surface area contributed by atoms with Gasteiger partial charge in [0.25, 0.3) is 0 Å². The van der Waals surface area contributed by atoms with Crippen molar-refractivity contribution < 1.29 is 4.79 Å². The Kier molecular flexibility index (Phi) is 5.11. The summed E-state index contributed by atoms with van der Waals surface area (Å²) in [5, 5.41) is 16.9. The third-order valence-corrected chi connectivity index (χ3v) is 6.58. The first kappa shape index (κ1) is 20.2. The molecule has 3 N–H and O–H groups in total. The van der Waals surface area contributed by atoms with Crippen molar-refractivity contribution in [3.05, 3.63) is 99.2 Å². The first-order chi connectivity index (χ1) is 15.6. The predicted octanol–water partition coefficient (Wildman–Crippen LogP) is 4.27. The molecule has 1 aliphatic carbocycles. The van der Waals surface area contributed by atoms with Gasteiger partial charge >= 0.3 is 0 Å². The van der Waals surface area contributed by atoms with Gasteiger partial charge in [-0.2, -0.15) is 15.3 Å². The molecule has 0 amide bonds. The highest BCUT2D eigenvalue weighted by Crippen LogP contribution is 2.48. The van der Waals surface area contributed by atoms with Crippen molar-refractivity contribution >= 4 is 27.7 Å². The second-order valence-corrected chi connectivity index (χ2v) is 8.75. The smallest absolute Gasteiger partial charge is 0.231 e. The topological polar surface area (TPSA) is 112 Å². The molecule has 0 fully saturated rings. The standard InChI is InChI=1S/C24H19BrN6O/c25-17-8-6-15(7-9-17)21-18(12-26)23(27)31(24-28-13-29-30-24)19-10-16(11-20(32)22(19)21)14-4-2-1-3-5-14/h1-9,13,16,21H,10-11,27H2,(H,28,29,30)/t16-,21+/m0/s1. The van der Waals surface area contributed by atoms with Crippen LogP contribution in [0.3, 0.4) is 0 Å². The van der Waals surface area contributed by atoms with E-state index in [0.29, 0.717) is 29.9 Å². The van der Waals surface area contributed by atoms with Crippen LogP contribution in [0.5, 0.6) is 0 Å². The lowest BCUT2D eigenvalue weighted by molar-refractivity contribution is -0.116. The number of rotatable bonds is 3. The first-order valence-corrected chi connectivity index (χ1v) is 11.0. The number of Topliss-reactive ketones (excluding diaryl/α,β-unsaturated/α-hetero) is 1. The number of carbonyl (C=O) groups is 1. The van der Waals surface area contributed by atoms with Gasteiger partial charge < -0.3 is 5.73 Å². The Labute approximate surface area is 193 Å². The van der Waals surface area contributed by atoms with Gasteiger partial charge in [0.15, 0.2) is 5.78 Å². The Hall–Kier alpha value is -3.70. The summed E-state index contributed by atoms with van der Waals surface area (Å²) in [6.07, 6.45) is 2.35. The number of nitrogens with two attached hydrogens (primary N) is 1. The molecule has 2 atom stereocenters. The largest absolute Gasteiger partial charge is 0.384 e. The average Bonchev–Trinajstić information content (AvgIpc) is 3.34. The van der Waals surface area contributed by atoms with Crippen LogP contribution in [0.1, 0.15) is 35.8 Å².